The molecule has 3 rings (SSSR count). The van der Waals surface area contributed by atoms with Gasteiger partial charge in [-0.15, -0.1) is 0 Å². The smallest absolute Gasteiger partial charge is 0.409 e. The predicted octanol–water partition coefficient (Wildman–Crippen LogP) is 4.52. The number of ether oxygens (including phenoxy) is 1. The van der Waals surface area contributed by atoms with Crippen molar-refractivity contribution in [1.82, 2.24) is 9.88 Å². The van der Waals surface area contributed by atoms with Crippen molar-refractivity contribution < 1.29 is 9.53 Å². The van der Waals surface area contributed by atoms with Crippen LogP contribution in [0.4, 0.5) is 10.6 Å². The maximum absolute atomic E-state index is 11.8. The number of carbonyl (C=O) groups excluding carboxylic acids is 1. The molecule has 1 aliphatic rings. The molecule has 0 radical (unpaired) electrons. The number of amides is 1. The van der Waals surface area contributed by atoms with Crippen LogP contribution in [0.5, 0.6) is 0 Å². The first kappa shape index (κ1) is 18.5. The molecule has 2 heterocycles. The van der Waals surface area contributed by atoms with E-state index in [0.29, 0.717) is 18.6 Å². The van der Waals surface area contributed by atoms with Crippen LogP contribution in [0.1, 0.15) is 37.8 Å². The lowest BCUT2D eigenvalue weighted by molar-refractivity contribution is 0.0903. The van der Waals surface area contributed by atoms with E-state index < -0.39 is 0 Å². The number of rotatable bonds is 4. The lowest BCUT2D eigenvalue weighted by Gasteiger charge is -2.34. The Hall–Kier alpha value is -2.30. The van der Waals surface area contributed by atoms with Gasteiger partial charge in [-0.2, -0.15) is 0 Å². The van der Waals surface area contributed by atoms with Crippen molar-refractivity contribution in [2.75, 3.05) is 25.0 Å². The number of likely N-dealkylation sites (tertiary alicyclic amines) is 1. The molecule has 5 heteroatoms. The molecule has 1 aromatic carbocycles. The van der Waals surface area contributed by atoms with Crippen LogP contribution in [-0.2, 0) is 4.74 Å². The molecule has 0 aliphatic carbocycles. The van der Waals surface area contributed by atoms with E-state index in [2.05, 4.69) is 50.4 Å². The number of benzene rings is 1. The van der Waals surface area contributed by atoms with Gasteiger partial charge in [-0.25, -0.2) is 9.78 Å². The van der Waals surface area contributed by atoms with Crippen LogP contribution >= 0.6 is 0 Å². The number of aryl methyl sites for hydroxylation is 2. The second kappa shape index (κ2) is 7.94. The molecule has 0 saturated carbocycles. The van der Waals surface area contributed by atoms with Crippen molar-refractivity contribution in [2.24, 2.45) is 5.92 Å². The van der Waals surface area contributed by atoms with E-state index in [1.165, 1.54) is 16.5 Å². The standard InChI is InChI=1S/C21H29N3O2/c1-5-26-21(25)24-10-8-17(9-11-24)16(4)22-20-13-15(3)18-7-6-14(2)12-19(18)23-20/h6-7,12-13,16-17H,5,8-11H2,1-4H3,(H,22,23). The summed E-state index contributed by atoms with van der Waals surface area (Å²) in [5.41, 5.74) is 3.50. The molecule has 140 valence electrons. The normalized spacial score (nSPS) is 16.5. The third kappa shape index (κ3) is 4.09. The van der Waals surface area contributed by atoms with Gasteiger partial charge in [0, 0.05) is 24.5 Å². The van der Waals surface area contributed by atoms with Crippen molar-refractivity contribution in [1.29, 1.82) is 0 Å². The van der Waals surface area contributed by atoms with Gasteiger partial charge in [0.15, 0.2) is 0 Å². The topological polar surface area (TPSA) is 54.5 Å². The van der Waals surface area contributed by atoms with E-state index in [9.17, 15) is 4.79 Å². The minimum atomic E-state index is -0.186. The van der Waals surface area contributed by atoms with Gasteiger partial charge in [0.05, 0.1) is 12.1 Å². The summed E-state index contributed by atoms with van der Waals surface area (Å²) in [5.74, 6) is 1.46. The van der Waals surface area contributed by atoms with Crippen LogP contribution in [0, 0.1) is 19.8 Å². The molecule has 1 N–H and O–H groups in total. The van der Waals surface area contributed by atoms with Gasteiger partial charge in [0.1, 0.15) is 5.82 Å². The summed E-state index contributed by atoms with van der Waals surface area (Å²) >= 11 is 0. The van der Waals surface area contributed by atoms with E-state index in [1.54, 1.807) is 0 Å². The summed E-state index contributed by atoms with van der Waals surface area (Å²) in [7, 11) is 0. The van der Waals surface area contributed by atoms with Crippen molar-refractivity contribution >= 4 is 22.8 Å². The maximum Gasteiger partial charge on any atom is 0.409 e. The zero-order chi connectivity index (χ0) is 18.7. The number of nitrogens with zero attached hydrogens (tertiary/aromatic N) is 2. The highest BCUT2D eigenvalue weighted by atomic mass is 16.6. The summed E-state index contributed by atoms with van der Waals surface area (Å²) in [6.07, 6.45) is 1.78. The van der Waals surface area contributed by atoms with Crippen molar-refractivity contribution in [3.63, 3.8) is 0 Å². The largest absolute Gasteiger partial charge is 0.450 e. The fourth-order valence-electron chi connectivity index (χ4n) is 3.73. The van der Waals surface area contributed by atoms with Gasteiger partial charge >= 0.3 is 6.09 Å². The second-order valence-electron chi connectivity index (χ2n) is 7.30. The predicted molar refractivity (Wildman–Crippen MR) is 106 cm³/mol. The Labute approximate surface area is 155 Å². The van der Waals surface area contributed by atoms with Gasteiger partial charge in [0.2, 0.25) is 0 Å². The van der Waals surface area contributed by atoms with Gasteiger partial charge < -0.3 is 15.0 Å². The minimum Gasteiger partial charge on any atom is -0.450 e. The number of piperidine rings is 1. The highest BCUT2D eigenvalue weighted by molar-refractivity contribution is 5.84. The average molecular weight is 355 g/mol. The lowest BCUT2D eigenvalue weighted by Crippen LogP contribution is -2.42. The number of nitrogens with one attached hydrogen (secondary N) is 1. The first-order valence-electron chi connectivity index (χ1n) is 9.54. The fourth-order valence-corrected chi connectivity index (χ4v) is 3.73. The van der Waals surface area contributed by atoms with Crippen LogP contribution in [-0.4, -0.2) is 41.7 Å². The van der Waals surface area contributed by atoms with Gasteiger partial charge in [-0.1, -0.05) is 12.1 Å². The minimum absolute atomic E-state index is 0.186. The number of hydrogen-bond acceptors (Lipinski definition) is 4. The molecular weight excluding hydrogens is 326 g/mol. The molecule has 0 bridgehead atoms. The third-order valence-corrected chi connectivity index (χ3v) is 5.32. The highest BCUT2D eigenvalue weighted by Gasteiger charge is 2.27. The molecule has 1 aromatic heterocycles. The summed E-state index contributed by atoms with van der Waals surface area (Å²) in [6.45, 7) is 10.2. The van der Waals surface area contributed by atoms with Gasteiger partial charge in [0.25, 0.3) is 0 Å². The van der Waals surface area contributed by atoms with Crippen molar-refractivity contribution in [2.45, 2.75) is 46.6 Å². The summed E-state index contributed by atoms with van der Waals surface area (Å²) in [4.78, 5) is 18.5. The Morgan fingerprint density at radius 1 is 1.31 bits per heavy atom. The maximum atomic E-state index is 11.8. The molecule has 1 aliphatic heterocycles. The monoisotopic (exact) mass is 355 g/mol. The molecule has 1 fully saturated rings. The Morgan fingerprint density at radius 2 is 2.04 bits per heavy atom. The Bertz CT molecular complexity index is 782. The molecule has 1 unspecified atom stereocenters. The fraction of sp³-hybridized carbons (Fsp3) is 0.524. The molecular formula is C21H29N3O2. The quantitative estimate of drug-likeness (QED) is 0.876. The molecule has 1 atom stereocenters. The van der Waals surface area contributed by atoms with E-state index in [0.717, 1.165) is 37.3 Å². The zero-order valence-corrected chi connectivity index (χ0v) is 16.2. The highest BCUT2D eigenvalue weighted by Crippen LogP contribution is 2.26. The zero-order valence-electron chi connectivity index (χ0n) is 16.2. The summed E-state index contributed by atoms with van der Waals surface area (Å²) < 4.78 is 5.10. The SMILES string of the molecule is CCOC(=O)N1CCC(C(C)Nc2cc(C)c3ccc(C)cc3n2)CC1. The number of carbonyl (C=O) groups is 1. The van der Waals surface area contributed by atoms with E-state index in [1.807, 2.05) is 11.8 Å². The van der Waals surface area contributed by atoms with Gasteiger partial charge in [-0.05, 0) is 69.7 Å². The van der Waals surface area contributed by atoms with Crippen LogP contribution in [0.15, 0.2) is 24.3 Å². The van der Waals surface area contributed by atoms with E-state index in [-0.39, 0.29) is 6.09 Å². The average Bonchev–Trinajstić information content (AvgIpc) is 2.61. The number of anilines is 1. The summed E-state index contributed by atoms with van der Waals surface area (Å²) in [6, 6.07) is 8.85. The Balaban J connectivity index is 1.64. The molecule has 1 saturated heterocycles. The molecule has 5 nitrogen and oxygen atoms in total. The number of pyridine rings is 1. The van der Waals surface area contributed by atoms with Gasteiger partial charge in [-0.3, -0.25) is 0 Å². The van der Waals surface area contributed by atoms with Crippen LogP contribution < -0.4 is 5.32 Å². The van der Waals surface area contributed by atoms with Crippen LogP contribution in [0.25, 0.3) is 10.9 Å². The van der Waals surface area contributed by atoms with Crippen molar-refractivity contribution in [3.8, 4) is 0 Å². The first-order valence-corrected chi connectivity index (χ1v) is 9.54. The van der Waals surface area contributed by atoms with E-state index >= 15 is 0 Å². The Kier molecular flexibility index (Phi) is 5.64. The molecule has 0 spiro atoms. The van der Waals surface area contributed by atoms with Crippen LogP contribution in [0.3, 0.4) is 0 Å². The van der Waals surface area contributed by atoms with E-state index in [4.69, 9.17) is 9.72 Å². The number of hydrogen-bond donors (Lipinski definition) is 1. The molecule has 1 amide bonds. The Morgan fingerprint density at radius 3 is 2.73 bits per heavy atom. The molecule has 2 aromatic rings. The first-order chi connectivity index (χ1) is 12.5. The second-order valence-corrected chi connectivity index (χ2v) is 7.30. The van der Waals surface area contributed by atoms with Crippen molar-refractivity contribution in [3.05, 3.63) is 35.4 Å². The summed E-state index contributed by atoms with van der Waals surface area (Å²) in [5, 5.41) is 4.79. The lowest BCUT2D eigenvalue weighted by atomic mass is 9.90. The third-order valence-electron chi connectivity index (χ3n) is 5.32. The number of aromatic nitrogens is 1. The molecule has 26 heavy (non-hydrogen) atoms. The van der Waals surface area contributed by atoms with Crippen LogP contribution in [0.2, 0.25) is 0 Å². The number of fused-ring (bicyclic) bond motifs is 1.